The number of methoxy groups -OCH3 is 1. The van der Waals surface area contributed by atoms with Crippen molar-refractivity contribution in [1.29, 1.82) is 0 Å². The number of aliphatic imine (C=N–C) groups is 1. The second-order valence-corrected chi connectivity index (χ2v) is 2.30. The SMILES string of the molecule is COC1=NCCCC(=O)C1. The maximum absolute atomic E-state index is 10.9. The van der Waals surface area contributed by atoms with Crippen molar-refractivity contribution in [2.75, 3.05) is 13.7 Å². The number of rotatable bonds is 0. The summed E-state index contributed by atoms with van der Waals surface area (Å²) in [4.78, 5) is 15.0. The lowest BCUT2D eigenvalue weighted by Crippen LogP contribution is -2.06. The van der Waals surface area contributed by atoms with E-state index in [4.69, 9.17) is 4.74 Å². The third-order valence-corrected chi connectivity index (χ3v) is 1.49. The predicted octanol–water partition coefficient (Wildman–Crippen LogP) is 0.784. The van der Waals surface area contributed by atoms with E-state index in [9.17, 15) is 4.79 Å². The highest BCUT2D eigenvalue weighted by Gasteiger charge is 2.10. The van der Waals surface area contributed by atoms with Crippen LogP contribution in [0.5, 0.6) is 0 Å². The first-order valence-electron chi connectivity index (χ1n) is 3.42. The van der Waals surface area contributed by atoms with Crippen molar-refractivity contribution in [1.82, 2.24) is 0 Å². The summed E-state index contributed by atoms with van der Waals surface area (Å²) in [6, 6.07) is 0. The molecule has 0 aromatic heterocycles. The van der Waals surface area contributed by atoms with Crippen LogP contribution in [-0.4, -0.2) is 25.3 Å². The van der Waals surface area contributed by atoms with Gasteiger partial charge < -0.3 is 4.74 Å². The lowest BCUT2D eigenvalue weighted by atomic mass is 10.2. The Morgan fingerprint density at radius 1 is 1.60 bits per heavy atom. The van der Waals surface area contributed by atoms with Crippen LogP contribution in [0.2, 0.25) is 0 Å². The summed E-state index contributed by atoms with van der Waals surface area (Å²) >= 11 is 0. The Balaban J connectivity index is 2.54. The van der Waals surface area contributed by atoms with Gasteiger partial charge in [-0.05, 0) is 6.42 Å². The van der Waals surface area contributed by atoms with Crippen molar-refractivity contribution in [3.05, 3.63) is 0 Å². The second-order valence-electron chi connectivity index (χ2n) is 2.30. The highest BCUT2D eigenvalue weighted by atomic mass is 16.5. The molecule has 3 heteroatoms. The molecule has 3 nitrogen and oxygen atoms in total. The minimum atomic E-state index is 0.234. The Morgan fingerprint density at radius 2 is 2.40 bits per heavy atom. The number of Topliss-reactive ketones (excluding diaryl/α,β-unsaturated/α-hetero) is 1. The lowest BCUT2D eigenvalue weighted by molar-refractivity contribution is -0.118. The number of carbonyl (C=O) groups is 1. The van der Waals surface area contributed by atoms with Crippen LogP contribution in [0.1, 0.15) is 19.3 Å². The van der Waals surface area contributed by atoms with Crippen LogP contribution in [0.4, 0.5) is 0 Å². The molecule has 1 rings (SSSR count). The van der Waals surface area contributed by atoms with Crippen molar-refractivity contribution >= 4 is 11.7 Å². The fraction of sp³-hybridized carbons (Fsp3) is 0.714. The van der Waals surface area contributed by atoms with Crippen LogP contribution in [0.3, 0.4) is 0 Å². The molecule has 1 aliphatic rings. The molecule has 0 aromatic carbocycles. The van der Waals surface area contributed by atoms with Crippen molar-refractivity contribution < 1.29 is 9.53 Å². The third-order valence-electron chi connectivity index (χ3n) is 1.49. The maximum atomic E-state index is 10.9. The molecule has 0 unspecified atom stereocenters. The number of ether oxygens (including phenoxy) is 1. The summed E-state index contributed by atoms with van der Waals surface area (Å²) in [6.45, 7) is 0.731. The van der Waals surface area contributed by atoms with Gasteiger partial charge in [-0.3, -0.25) is 9.79 Å². The monoisotopic (exact) mass is 141 g/mol. The molecular formula is C7H11NO2. The van der Waals surface area contributed by atoms with Gasteiger partial charge in [-0.1, -0.05) is 0 Å². The van der Waals surface area contributed by atoms with Gasteiger partial charge in [0.2, 0.25) is 0 Å². The molecule has 0 N–H and O–H groups in total. The van der Waals surface area contributed by atoms with E-state index in [1.165, 1.54) is 0 Å². The molecule has 1 heterocycles. The molecule has 0 saturated carbocycles. The zero-order chi connectivity index (χ0) is 7.40. The van der Waals surface area contributed by atoms with E-state index in [2.05, 4.69) is 4.99 Å². The molecule has 0 spiro atoms. The average Bonchev–Trinajstić information content (AvgIpc) is 2.13. The standard InChI is InChI=1S/C7H11NO2/c1-10-7-5-6(9)3-2-4-8-7/h2-5H2,1H3. The molecule has 0 radical (unpaired) electrons. The summed E-state index contributed by atoms with van der Waals surface area (Å²) in [5, 5.41) is 0. The molecular weight excluding hydrogens is 130 g/mol. The molecule has 0 atom stereocenters. The van der Waals surface area contributed by atoms with Gasteiger partial charge in [-0.25, -0.2) is 0 Å². The lowest BCUT2D eigenvalue weighted by Gasteiger charge is -1.98. The van der Waals surface area contributed by atoms with Crippen molar-refractivity contribution in [3.63, 3.8) is 0 Å². The summed E-state index contributed by atoms with van der Waals surface area (Å²) in [6.07, 6.45) is 1.90. The van der Waals surface area contributed by atoms with Crippen LogP contribution in [0.15, 0.2) is 4.99 Å². The molecule has 0 aromatic rings. The first-order valence-corrected chi connectivity index (χ1v) is 3.42. The number of ketones is 1. The normalized spacial score (nSPS) is 19.7. The Morgan fingerprint density at radius 3 is 3.10 bits per heavy atom. The van der Waals surface area contributed by atoms with Crippen molar-refractivity contribution in [3.8, 4) is 0 Å². The van der Waals surface area contributed by atoms with Gasteiger partial charge in [0.15, 0.2) is 5.90 Å². The van der Waals surface area contributed by atoms with Gasteiger partial charge in [0.1, 0.15) is 5.78 Å². The van der Waals surface area contributed by atoms with E-state index in [-0.39, 0.29) is 5.78 Å². The highest BCUT2D eigenvalue weighted by Crippen LogP contribution is 2.03. The Hall–Kier alpha value is -0.860. The van der Waals surface area contributed by atoms with E-state index >= 15 is 0 Å². The predicted molar refractivity (Wildman–Crippen MR) is 38.2 cm³/mol. The van der Waals surface area contributed by atoms with Crippen LogP contribution in [0.25, 0.3) is 0 Å². The van der Waals surface area contributed by atoms with Gasteiger partial charge in [0.05, 0.1) is 13.5 Å². The minimum Gasteiger partial charge on any atom is -0.484 e. The van der Waals surface area contributed by atoms with Crippen LogP contribution >= 0.6 is 0 Å². The second kappa shape index (κ2) is 3.34. The number of carbonyl (C=O) groups excluding carboxylic acids is 1. The topological polar surface area (TPSA) is 38.7 Å². The first-order chi connectivity index (χ1) is 4.83. The Bertz CT molecular complexity index is 163. The Labute approximate surface area is 60.1 Å². The fourth-order valence-corrected chi connectivity index (χ4v) is 0.930. The quantitative estimate of drug-likeness (QED) is 0.500. The average molecular weight is 141 g/mol. The van der Waals surface area contributed by atoms with Crippen molar-refractivity contribution in [2.24, 2.45) is 4.99 Å². The van der Waals surface area contributed by atoms with Crippen LogP contribution < -0.4 is 0 Å². The first kappa shape index (κ1) is 7.25. The molecule has 56 valence electrons. The van der Waals surface area contributed by atoms with Gasteiger partial charge in [-0.15, -0.1) is 0 Å². The molecule has 0 bridgehead atoms. The summed E-state index contributed by atoms with van der Waals surface area (Å²) < 4.78 is 4.87. The third kappa shape index (κ3) is 1.83. The van der Waals surface area contributed by atoms with E-state index in [0.29, 0.717) is 18.7 Å². The van der Waals surface area contributed by atoms with Crippen LogP contribution in [-0.2, 0) is 9.53 Å². The molecule has 0 aliphatic carbocycles. The zero-order valence-corrected chi connectivity index (χ0v) is 6.09. The summed E-state index contributed by atoms with van der Waals surface area (Å²) in [5.74, 6) is 0.820. The minimum absolute atomic E-state index is 0.234. The van der Waals surface area contributed by atoms with Gasteiger partial charge in [0.25, 0.3) is 0 Å². The molecule has 10 heavy (non-hydrogen) atoms. The number of hydrogen-bond donors (Lipinski definition) is 0. The van der Waals surface area contributed by atoms with E-state index < -0.39 is 0 Å². The van der Waals surface area contributed by atoms with E-state index in [0.717, 1.165) is 13.0 Å². The Kier molecular flexibility index (Phi) is 2.42. The number of nitrogens with zero attached hydrogens (tertiary/aromatic N) is 1. The van der Waals surface area contributed by atoms with Gasteiger partial charge >= 0.3 is 0 Å². The van der Waals surface area contributed by atoms with Gasteiger partial charge in [-0.2, -0.15) is 0 Å². The van der Waals surface area contributed by atoms with Crippen LogP contribution in [0, 0.1) is 0 Å². The van der Waals surface area contributed by atoms with E-state index in [1.807, 2.05) is 0 Å². The summed E-state index contributed by atoms with van der Waals surface area (Å²) in [5.41, 5.74) is 0. The smallest absolute Gasteiger partial charge is 0.190 e. The molecule has 0 amide bonds. The molecule has 0 saturated heterocycles. The fourth-order valence-electron chi connectivity index (χ4n) is 0.930. The molecule has 0 fully saturated rings. The van der Waals surface area contributed by atoms with Crippen molar-refractivity contribution in [2.45, 2.75) is 19.3 Å². The number of hydrogen-bond acceptors (Lipinski definition) is 3. The molecule has 1 aliphatic heterocycles. The largest absolute Gasteiger partial charge is 0.484 e. The maximum Gasteiger partial charge on any atom is 0.190 e. The van der Waals surface area contributed by atoms with Gasteiger partial charge in [0, 0.05) is 13.0 Å². The summed E-state index contributed by atoms with van der Waals surface area (Å²) in [7, 11) is 1.55. The van der Waals surface area contributed by atoms with E-state index in [1.54, 1.807) is 7.11 Å². The highest BCUT2D eigenvalue weighted by molar-refractivity contribution is 5.98. The zero-order valence-electron chi connectivity index (χ0n) is 6.09.